The molecule has 3 N–H and O–H groups in total. The fourth-order valence-electron chi connectivity index (χ4n) is 2.92. The lowest BCUT2D eigenvalue weighted by Gasteiger charge is -2.22. The Morgan fingerprint density at radius 1 is 1.38 bits per heavy atom. The van der Waals surface area contributed by atoms with Gasteiger partial charge in [0.25, 0.3) is 0 Å². The van der Waals surface area contributed by atoms with Crippen molar-refractivity contribution in [1.82, 2.24) is 9.88 Å². The number of pyridine rings is 1. The lowest BCUT2D eigenvalue weighted by atomic mass is 10.0. The Bertz CT molecular complexity index is 923. The summed E-state index contributed by atoms with van der Waals surface area (Å²) in [6.45, 7) is 2.13. The van der Waals surface area contributed by atoms with E-state index in [4.69, 9.17) is 22.1 Å². The fourth-order valence-corrected chi connectivity index (χ4v) is 3.19. The van der Waals surface area contributed by atoms with E-state index in [9.17, 15) is 23.1 Å². The molecular weight excluding hydrogens is 434 g/mol. The van der Waals surface area contributed by atoms with Gasteiger partial charge in [0, 0.05) is 23.9 Å². The molecule has 0 aliphatic carbocycles. The number of nitrogens with two attached hydrogens (primary N) is 1. The molecule has 1 aliphatic rings. The first-order chi connectivity index (χ1) is 13.1. The minimum atomic E-state index is -4.57. The first-order valence-corrected chi connectivity index (χ1v) is 8.72. The molecule has 1 atom stereocenters. The average Bonchev–Trinajstić information content (AvgIpc) is 2.82. The molecule has 1 amide bonds. The van der Waals surface area contributed by atoms with Crippen LogP contribution in [-0.2, 0) is 17.5 Å². The van der Waals surface area contributed by atoms with Gasteiger partial charge in [-0.25, -0.2) is 0 Å². The zero-order valence-electron chi connectivity index (χ0n) is 15.2. The third kappa shape index (κ3) is 4.85. The number of nitrogens with zero attached hydrogens (tertiary/aromatic N) is 2. The minimum Gasteiger partial charge on any atom is -0.504 e. The van der Waals surface area contributed by atoms with E-state index in [1.165, 1.54) is 11.0 Å². The second kappa shape index (κ2) is 8.64. The average molecular weight is 452 g/mol. The van der Waals surface area contributed by atoms with Gasteiger partial charge in [-0.2, -0.15) is 13.2 Å². The van der Waals surface area contributed by atoms with Crippen molar-refractivity contribution in [1.29, 1.82) is 0 Å². The highest BCUT2D eigenvalue weighted by Crippen LogP contribution is 2.40. The van der Waals surface area contributed by atoms with Gasteiger partial charge in [0.05, 0.1) is 28.9 Å². The summed E-state index contributed by atoms with van der Waals surface area (Å²) in [6.07, 6.45) is -3.90. The molecule has 29 heavy (non-hydrogen) atoms. The van der Waals surface area contributed by atoms with Crippen molar-refractivity contribution in [3.63, 3.8) is 0 Å². The standard InChI is InChI=1S/C18H17ClF3N3O3.ClH/c1-9(23)17(27)25-2-3-28-16-11(8-25)4-10(5-14(16)26)15-13(19)6-12(7-24-15)18(20,21)22;/h4-7,9,26H,2-3,8,23H2,1H3;1H/t9-;/m1./s1. The number of carbonyl (C=O) groups excluding carboxylic acids is 1. The third-order valence-corrected chi connectivity index (χ3v) is 4.55. The van der Waals surface area contributed by atoms with Gasteiger partial charge in [0.2, 0.25) is 5.91 Å². The Morgan fingerprint density at radius 2 is 2.07 bits per heavy atom. The largest absolute Gasteiger partial charge is 0.504 e. The van der Waals surface area contributed by atoms with E-state index >= 15 is 0 Å². The summed E-state index contributed by atoms with van der Waals surface area (Å²) in [4.78, 5) is 17.5. The number of fused-ring (bicyclic) bond motifs is 1. The molecule has 0 bridgehead atoms. The molecule has 2 aromatic rings. The molecule has 2 heterocycles. The zero-order chi connectivity index (χ0) is 20.6. The summed E-state index contributed by atoms with van der Waals surface area (Å²) in [7, 11) is 0. The van der Waals surface area contributed by atoms with Crippen LogP contribution in [0.2, 0.25) is 5.02 Å². The van der Waals surface area contributed by atoms with E-state index in [-0.39, 0.29) is 60.2 Å². The van der Waals surface area contributed by atoms with Crippen LogP contribution in [0.5, 0.6) is 11.5 Å². The number of phenolic OH excluding ortho intramolecular Hbond substituents is 1. The number of aromatic hydroxyl groups is 1. The number of phenols is 1. The molecule has 0 saturated heterocycles. The van der Waals surface area contributed by atoms with Crippen molar-refractivity contribution < 1.29 is 27.8 Å². The normalized spacial score (nSPS) is 14.9. The van der Waals surface area contributed by atoms with Gasteiger partial charge in [0.15, 0.2) is 11.5 Å². The van der Waals surface area contributed by atoms with Crippen LogP contribution in [0.15, 0.2) is 24.4 Å². The highest BCUT2D eigenvalue weighted by Gasteiger charge is 2.32. The van der Waals surface area contributed by atoms with Gasteiger partial charge in [-0.15, -0.1) is 12.4 Å². The molecule has 158 valence electrons. The van der Waals surface area contributed by atoms with Crippen molar-refractivity contribution in [3.05, 3.63) is 40.5 Å². The van der Waals surface area contributed by atoms with E-state index in [1.54, 1.807) is 13.0 Å². The number of ether oxygens (including phenoxy) is 1. The summed E-state index contributed by atoms with van der Waals surface area (Å²) in [5.41, 5.74) is 5.52. The summed E-state index contributed by atoms with van der Waals surface area (Å²) in [5.74, 6) is -0.306. The smallest absolute Gasteiger partial charge is 0.417 e. The number of benzene rings is 1. The van der Waals surface area contributed by atoms with Crippen LogP contribution >= 0.6 is 24.0 Å². The van der Waals surface area contributed by atoms with E-state index in [0.29, 0.717) is 17.3 Å². The van der Waals surface area contributed by atoms with Gasteiger partial charge in [-0.1, -0.05) is 11.6 Å². The van der Waals surface area contributed by atoms with Crippen molar-refractivity contribution in [2.24, 2.45) is 5.73 Å². The van der Waals surface area contributed by atoms with Crippen LogP contribution in [0.4, 0.5) is 13.2 Å². The Labute approximate surface area is 175 Å². The Morgan fingerprint density at radius 3 is 2.66 bits per heavy atom. The SMILES string of the molecule is C[C@@H](N)C(=O)N1CCOc2c(O)cc(-c3ncc(C(F)(F)F)cc3Cl)cc2C1.Cl. The van der Waals surface area contributed by atoms with Crippen LogP contribution in [0.3, 0.4) is 0 Å². The predicted molar refractivity (Wildman–Crippen MR) is 103 cm³/mol. The number of carbonyl (C=O) groups is 1. The highest BCUT2D eigenvalue weighted by atomic mass is 35.5. The number of hydrogen-bond acceptors (Lipinski definition) is 5. The topological polar surface area (TPSA) is 88.7 Å². The lowest BCUT2D eigenvalue weighted by molar-refractivity contribution is -0.137. The lowest BCUT2D eigenvalue weighted by Crippen LogP contribution is -2.42. The summed E-state index contributed by atoms with van der Waals surface area (Å²) < 4.78 is 44.0. The van der Waals surface area contributed by atoms with Gasteiger partial charge >= 0.3 is 6.18 Å². The maximum absolute atomic E-state index is 12.8. The molecule has 1 aromatic carbocycles. The fraction of sp³-hybridized carbons (Fsp3) is 0.333. The first-order valence-electron chi connectivity index (χ1n) is 8.34. The Kier molecular flexibility index (Phi) is 6.87. The molecule has 0 saturated carbocycles. The molecule has 0 unspecified atom stereocenters. The molecule has 3 rings (SSSR count). The molecular formula is C18H18Cl2F3N3O3. The molecule has 0 radical (unpaired) electrons. The Balaban J connectivity index is 0.00000300. The van der Waals surface area contributed by atoms with Gasteiger partial charge in [0.1, 0.15) is 6.61 Å². The van der Waals surface area contributed by atoms with Gasteiger partial charge in [-0.05, 0) is 25.1 Å². The highest BCUT2D eigenvalue weighted by molar-refractivity contribution is 6.33. The van der Waals surface area contributed by atoms with Crippen LogP contribution < -0.4 is 10.5 Å². The number of aromatic nitrogens is 1. The summed E-state index contributed by atoms with van der Waals surface area (Å²) in [6, 6.07) is 2.95. The Hall–Kier alpha value is -2.23. The predicted octanol–water partition coefficient (Wildman–Crippen LogP) is 3.62. The van der Waals surface area contributed by atoms with Crippen LogP contribution in [0.25, 0.3) is 11.3 Å². The maximum atomic E-state index is 12.8. The van der Waals surface area contributed by atoms with Crippen LogP contribution in [0.1, 0.15) is 18.1 Å². The van der Waals surface area contributed by atoms with E-state index in [0.717, 1.165) is 6.07 Å². The van der Waals surface area contributed by atoms with E-state index in [2.05, 4.69) is 4.98 Å². The van der Waals surface area contributed by atoms with Gasteiger partial charge < -0.3 is 20.5 Å². The number of halogens is 5. The molecule has 1 aliphatic heterocycles. The molecule has 6 nitrogen and oxygen atoms in total. The first kappa shape index (κ1) is 23.1. The number of rotatable bonds is 2. The van der Waals surface area contributed by atoms with Crippen molar-refractivity contribution in [2.45, 2.75) is 25.7 Å². The summed E-state index contributed by atoms with van der Waals surface area (Å²) in [5, 5.41) is 10.1. The van der Waals surface area contributed by atoms with Crippen LogP contribution in [0, 0.1) is 0 Å². The number of alkyl halides is 3. The van der Waals surface area contributed by atoms with Crippen molar-refractivity contribution in [2.75, 3.05) is 13.2 Å². The molecule has 0 fully saturated rings. The second-order valence-electron chi connectivity index (χ2n) is 6.43. The van der Waals surface area contributed by atoms with Crippen molar-refractivity contribution in [3.8, 4) is 22.8 Å². The van der Waals surface area contributed by atoms with Crippen LogP contribution in [-0.4, -0.2) is 40.1 Å². The third-order valence-electron chi connectivity index (χ3n) is 4.26. The molecule has 0 spiro atoms. The number of hydrogen-bond donors (Lipinski definition) is 2. The zero-order valence-corrected chi connectivity index (χ0v) is 16.7. The van der Waals surface area contributed by atoms with E-state index < -0.39 is 17.8 Å². The van der Waals surface area contributed by atoms with Crippen molar-refractivity contribution >= 4 is 29.9 Å². The molecule has 1 aromatic heterocycles. The maximum Gasteiger partial charge on any atom is 0.417 e. The molecule has 11 heteroatoms. The second-order valence-corrected chi connectivity index (χ2v) is 6.84. The minimum absolute atomic E-state index is 0. The van der Waals surface area contributed by atoms with Gasteiger partial charge in [-0.3, -0.25) is 9.78 Å². The monoisotopic (exact) mass is 451 g/mol. The quantitative estimate of drug-likeness (QED) is 0.727. The van der Waals surface area contributed by atoms with E-state index in [1.807, 2.05) is 0 Å². The summed E-state index contributed by atoms with van der Waals surface area (Å²) >= 11 is 6.00. The number of amides is 1.